The van der Waals surface area contributed by atoms with E-state index in [1.807, 2.05) is 0 Å². The number of hydrogen-bond acceptors (Lipinski definition) is 9. The molecule has 39 heavy (non-hydrogen) atoms. The van der Waals surface area contributed by atoms with Gasteiger partial charge in [0.2, 0.25) is 10.0 Å². The van der Waals surface area contributed by atoms with E-state index in [0.717, 1.165) is 0 Å². The van der Waals surface area contributed by atoms with Gasteiger partial charge in [0.25, 0.3) is 11.4 Å². The quantitative estimate of drug-likeness (QED) is 0.0535. The van der Waals surface area contributed by atoms with Crippen LogP contribution in [0, 0.1) is 20.2 Å². The molecule has 204 valence electrons. The number of nitro benzene ring substituents is 2. The molecule has 0 atom stereocenters. The summed E-state index contributed by atoms with van der Waals surface area (Å²) >= 11 is 0. The summed E-state index contributed by atoms with van der Waals surface area (Å²) in [7, 11) is -3.62. The van der Waals surface area contributed by atoms with E-state index >= 15 is 0 Å². The first kappa shape index (κ1) is 28.8. The topological polar surface area (TPSA) is 222 Å². The van der Waals surface area contributed by atoms with E-state index in [1.165, 1.54) is 24.3 Å². The standard InChI is InChI=1S/C23H22N8O6S.ClH/c24-23(25)26-10-1-11-38(36,37)29-15-4-2-14(3-5-15)27-22-18-8-6-16(30(32)33)12-20(18)28-21-13-17(31(34)35)7-9-19(21)22;/h2-9,12-13,29H,1,10-11H2,(H,27,28)(H4,24,25,26);1H. The Morgan fingerprint density at radius 3 is 1.87 bits per heavy atom. The predicted molar refractivity (Wildman–Crippen MR) is 152 cm³/mol. The Hall–Kier alpha value is -4.76. The van der Waals surface area contributed by atoms with Crippen LogP contribution in [0.5, 0.6) is 0 Å². The number of nitrogens with two attached hydrogens (primary N) is 2. The second-order valence-electron chi connectivity index (χ2n) is 8.19. The van der Waals surface area contributed by atoms with Crippen molar-refractivity contribution in [1.82, 2.24) is 4.98 Å². The summed E-state index contributed by atoms with van der Waals surface area (Å²) in [4.78, 5) is 29.6. The number of non-ortho nitro benzene ring substituents is 2. The van der Waals surface area contributed by atoms with Crippen LogP contribution in [0.15, 0.2) is 65.7 Å². The Kier molecular flexibility index (Phi) is 8.67. The van der Waals surface area contributed by atoms with E-state index in [4.69, 9.17) is 11.5 Å². The third-order valence-electron chi connectivity index (χ3n) is 5.46. The largest absolute Gasteiger partial charge is 0.370 e. The number of halogens is 1. The maximum absolute atomic E-state index is 12.3. The molecule has 0 spiro atoms. The zero-order valence-electron chi connectivity index (χ0n) is 20.1. The summed E-state index contributed by atoms with van der Waals surface area (Å²) in [5, 5.41) is 26.9. The van der Waals surface area contributed by atoms with Crippen molar-refractivity contribution in [2.45, 2.75) is 6.42 Å². The number of sulfonamides is 1. The van der Waals surface area contributed by atoms with Gasteiger partial charge in [-0.25, -0.2) is 13.4 Å². The van der Waals surface area contributed by atoms with Crippen molar-refractivity contribution in [3.8, 4) is 0 Å². The minimum absolute atomic E-state index is 0. The third-order valence-corrected chi connectivity index (χ3v) is 6.83. The lowest BCUT2D eigenvalue weighted by atomic mass is 10.1. The fourth-order valence-corrected chi connectivity index (χ4v) is 4.85. The van der Waals surface area contributed by atoms with E-state index in [0.29, 0.717) is 27.8 Å². The summed E-state index contributed by atoms with van der Waals surface area (Å²) in [6.45, 7) is 0.187. The number of nitrogens with zero attached hydrogens (tertiary/aromatic N) is 4. The molecule has 0 bridgehead atoms. The highest BCUT2D eigenvalue weighted by atomic mass is 35.5. The molecule has 1 heterocycles. The molecular formula is C23H23ClN8O6S. The molecule has 0 saturated heterocycles. The van der Waals surface area contributed by atoms with E-state index < -0.39 is 19.9 Å². The van der Waals surface area contributed by atoms with Crippen molar-refractivity contribution in [1.29, 1.82) is 0 Å². The molecule has 0 aliphatic carbocycles. The summed E-state index contributed by atoms with van der Waals surface area (Å²) in [5.41, 5.74) is 12.1. The number of benzene rings is 3. The molecule has 0 saturated carbocycles. The van der Waals surface area contributed by atoms with Crippen LogP contribution in [0.4, 0.5) is 28.4 Å². The molecule has 6 N–H and O–H groups in total. The first-order chi connectivity index (χ1) is 18.0. The fourth-order valence-electron chi connectivity index (χ4n) is 3.74. The first-order valence-electron chi connectivity index (χ1n) is 11.1. The zero-order valence-corrected chi connectivity index (χ0v) is 21.7. The van der Waals surface area contributed by atoms with E-state index in [1.54, 1.807) is 36.4 Å². The number of nitrogens with one attached hydrogen (secondary N) is 2. The number of fused-ring (bicyclic) bond motifs is 2. The normalized spacial score (nSPS) is 11.0. The van der Waals surface area contributed by atoms with Gasteiger partial charge in [-0.1, -0.05) is 0 Å². The molecule has 4 rings (SSSR count). The lowest BCUT2D eigenvalue weighted by molar-refractivity contribution is -0.384. The Balaban J connectivity index is 0.00000420. The van der Waals surface area contributed by atoms with E-state index in [-0.39, 0.29) is 59.5 Å². The minimum Gasteiger partial charge on any atom is -0.370 e. The highest BCUT2D eigenvalue weighted by molar-refractivity contribution is 7.92. The smallest absolute Gasteiger partial charge is 0.271 e. The number of hydrogen-bond donors (Lipinski definition) is 4. The molecule has 14 nitrogen and oxygen atoms in total. The maximum Gasteiger partial charge on any atom is 0.271 e. The average molecular weight is 575 g/mol. The Morgan fingerprint density at radius 1 is 0.872 bits per heavy atom. The van der Waals surface area contributed by atoms with Crippen LogP contribution in [-0.2, 0) is 10.0 Å². The number of pyridine rings is 1. The molecule has 4 aromatic rings. The fraction of sp³-hybridized carbons (Fsp3) is 0.130. The van der Waals surface area contributed by atoms with Crippen LogP contribution in [0.1, 0.15) is 6.42 Å². The number of aromatic nitrogens is 1. The molecule has 0 aliphatic rings. The van der Waals surface area contributed by atoms with Crippen molar-refractivity contribution in [3.63, 3.8) is 0 Å². The molecule has 0 aliphatic heterocycles. The van der Waals surface area contributed by atoms with Crippen molar-refractivity contribution in [2.24, 2.45) is 16.5 Å². The van der Waals surface area contributed by atoms with Crippen LogP contribution in [0.2, 0.25) is 0 Å². The van der Waals surface area contributed by atoms with Gasteiger partial charge in [-0.05, 0) is 42.8 Å². The molecule has 1 aromatic heterocycles. The number of anilines is 3. The number of aliphatic imine (C=N–C) groups is 1. The molecule has 3 aromatic carbocycles. The number of nitro groups is 2. The van der Waals surface area contributed by atoms with Crippen molar-refractivity contribution >= 4 is 78.6 Å². The Bertz CT molecular complexity index is 1620. The minimum atomic E-state index is -3.62. The average Bonchev–Trinajstić information content (AvgIpc) is 2.86. The summed E-state index contributed by atoms with van der Waals surface area (Å²) in [6, 6.07) is 14.8. The van der Waals surface area contributed by atoms with E-state index in [9.17, 15) is 28.6 Å². The SMILES string of the molecule is Cl.NC(N)=NCCCS(=O)(=O)Nc1ccc(Nc2c3ccc([N+](=O)[O-])cc3nc3cc([N+](=O)[O-])ccc23)cc1. The van der Waals surface area contributed by atoms with E-state index in [2.05, 4.69) is 20.0 Å². The molecular weight excluding hydrogens is 552 g/mol. The second-order valence-corrected chi connectivity index (χ2v) is 10.0. The van der Waals surface area contributed by atoms with Crippen LogP contribution in [-0.4, -0.2) is 41.5 Å². The van der Waals surface area contributed by atoms with Gasteiger partial charge in [-0.2, -0.15) is 0 Å². The van der Waals surface area contributed by atoms with Gasteiger partial charge in [0, 0.05) is 53.0 Å². The third kappa shape index (κ3) is 6.97. The lowest BCUT2D eigenvalue weighted by Crippen LogP contribution is -2.23. The summed E-state index contributed by atoms with van der Waals surface area (Å²) in [5.74, 6) is -0.276. The monoisotopic (exact) mass is 574 g/mol. The van der Waals surface area contributed by atoms with Crippen LogP contribution in [0.25, 0.3) is 21.8 Å². The van der Waals surface area contributed by atoms with Crippen LogP contribution < -0.4 is 21.5 Å². The van der Waals surface area contributed by atoms with Gasteiger partial charge in [-0.3, -0.25) is 29.9 Å². The molecule has 16 heteroatoms. The van der Waals surface area contributed by atoms with Gasteiger partial charge < -0.3 is 16.8 Å². The molecule has 0 unspecified atom stereocenters. The summed E-state index contributed by atoms with van der Waals surface area (Å²) < 4.78 is 27.1. The van der Waals surface area contributed by atoms with Crippen molar-refractivity contribution in [3.05, 3.63) is 80.9 Å². The van der Waals surface area contributed by atoms with Gasteiger partial charge >= 0.3 is 0 Å². The van der Waals surface area contributed by atoms with Crippen LogP contribution in [0.3, 0.4) is 0 Å². The highest BCUT2D eigenvalue weighted by Gasteiger charge is 2.16. The van der Waals surface area contributed by atoms with Gasteiger partial charge in [0.05, 0.1) is 32.3 Å². The highest BCUT2D eigenvalue weighted by Crippen LogP contribution is 2.36. The first-order valence-corrected chi connectivity index (χ1v) is 12.8. The zero-order chi connectivity index (χ0) is 27.4. The predicted octanol–water partition coefficient (Wildman–Crippen LogP) is 3.78. The Morgan fingerprint density at radius 2 is 1.38 bits per heavy atom. The van der Waals surface area contributed by atoms with Gasteiger partial charge in [0.1, 0.15) is 0 Å². The summed E-state index contributed by atoms with van der Waals surface area (Å²) in [6.07, 6.45) is 0.241. The molecule has 0 amide bonds. The second kappa shape index (κ2) is 11.7. The Labute approximate surface area is 227 Å². The number of guanidine groups is 1. The lowest BCUT2D eigenvalue weighted by Gasteiger charge is -2.14. The molecule has 0 radical (unpaired) electrons. The maximum atomic E-state index is 12.3. The van der Waals surface area contributed by atoms with Gasteiger partial charge in [0.15, 0.2) is 5.96 Å². The molecule has 0 fully saturated rings. The van der Waals surface area contributed by atoms with Gasteiger partial charge in [-0.15, -0.1) is 12.4 Å². The van der Waals surface area contributed by atoms with Crippen molar-refractivity contribution < 1.29 is 18.3 Å². The van der Waals surface area contributed by atoms with Crippen molar-refractivity contribution in [2.75, 3.05) is 22.3 Å². The van der Waals surface area contributed by atoms with Crippen LogP contribution >= 0.6 is 12.4 Å². The number of rotatable bonds is 10.